The van der Waals surface area contributed by atoms with Crippen LogP contribution in [0, 0.1) is 0 Å². The van der Waals surface area contributed by atoms with Gasteiger partial charge in [-0.05, 0) is 16.8 Å². The van der Waals surface area contributed by atoms with Gasteiger partial charge in [0.05, 0.1) is 6.61 Å². The highest BCUT2D eigenvalue weighted by Crippen LogP contribution is 2.39. The fourth-order valence-corrected chi connectivity index (χ4v) is 2.60. The molecule has 0 radical (unpaired) electrons. The van der Waals surface area contributed by atoms with E-state index in [1.807, 2.05) is 19.1 Å². The van der Waals surface area contributed by atoms with Crippen molar-refractivity contribution in [1.82, 2.24) is 0 Å². The van der Waals surface area contributed by atoms with Crippen molar-refractivity contribution in [1.29, 1.82) is 0 Å². The predicted molar refractivity (Wildman–Crippen MR) is 73.4 cm³/mol. The van der Waals surface area contributed by atoms with Gasteiger partial charge in [0.2, 0.25) is 5.79 Å². The summed E-state index contributed by atoms with van der Waals surface area (Å²) in [6, 6.07) is 12.5. The predicted octanol–water partition coefficient (Wildman–Crippen LogP) is 3.75. The van der Waals surface area contributed by atoms with E-state index in [9.17, 15) is 0 Å². The Morgan fingerprint density at radius 1 is 1.28 bits per heavy atom. The van der Waals surface area contributed by atoms with Gasteiger partial charge in [0.15, 0.2) is 0 Å². The molecule has 0 aromatic heterocycles. The second-order valence-electron chi connectivity index (χ2n) is 4.71. The van der Waals surface area contributed by atoms with Gasteiger partial charge in [-0.25, -0.2) is 0 Å². The third-order valence-electron chi connectivity index (χ3n) is 3.31. The first-order valence-electron chi connectivity index (χ1n) is 6.11. The first-order chi connectivity index (χ1) is 8.72. The average Bonchev–Trinajstić information content (AvgIpc) is 2.74. The van der Waals surface area contributed by atoms with Gasteiger partial charge >= 0.3 is 0 Å². The molecule has 0 amide bonds. The second kappa shape index (κ2) is 4.45. The molecule has 2 aromatic rings. The summed E-state index contributed by atoms with van der Waals surface area (Å²) in [5.74, 6) is 0.822. The molecule has 0 N–H and O–H groups in total. The maximum Gasteiger partial charge on any atom is 0.211 e. The van der Waals surface area contributed by atoms with Gasteiger partial charge in [0.25, 0.3) is 0 Å². The molecule has 18 heavy (non-hydrogen) atoms. The van der Waals surface area contributed by atoms with Crippen LogP contribution in [0.4, 0.5) is 0 Å². The van der Waals surface area contributed by atoms with Crippen molar-refractivity contribution in [3.63, 3.8) is 0 Å². The number of benzene rings is 2. The lowest BCUT2D eigenvalue weighted by Crippen LogP contribution is -2.34. The maximum atomic E-state index is 5.92. The van der Waals surface area contributed by atoms with E-state index in [1.54, 1.807) is 0 Å². The van der Waals surface area contributed by atoms with Crippen molar-refractivity contribution in [2.75, 3.05) is 12.5 Å². The molecule has 1 heterocycles. The molecule has 1 aliphatic heterocycles. The van der Waals surface area contributed by atoms with Crippen molar-refractivity contribution < 1.29 is 9.47 Å². The third kappa shape index (κ3) is 1.96. The zero-order valence-electron chi connectivity index (χ0n) is 10.3. The summed E-state index contributed by atoms with van der Waals surface area (Å²) < 4.78 is 11.6. The largest absolute Gasteiger partial charge is 0.462 e. The summed E-state index contributed by atoms with van der Waals surface area (Å²) in [6.07, 6.45) is 0.764. The molecule has 1 aliphatic rings. The minimum absolute atomic E-state index is 0.482. The zero-order chi connectivity index (χ0) is 12.6. The average molecular weight is 263 g/mol. The smallest absolute Gasteiger partial charge is 0.211 e. The molecule has 0 fully saturated rings. The summed E-state index contributed by atoms with van der Waals surface area (Å²) in [5, 5.41) is 2.48. The van der Waals surface area contributed by atoms with Gasteiger partial charge < -0.3 is 9.47 Å². The molecule has 0 saturated heterocycles. The summed E-state index contributed by atoms with van der Waals surface area (Å²) in [4.78, 5) is 0. The number of hydrogen-bond acceptors (Lipinski definition) is 2. The van der Waals surface area contributed by atoms with Gasteiger partial charge in [0.1, 0.15) is 5.75 Å². The molecular weight excluding hydrogens is 248 g/mol. The molecule has 1 atom stereocenters. The second-order valence-corrected chi connectivity index (χ2v) is 5.09. The highest BCUT2D eigenvalue weighted by atomic mass is 35.5. The van der Waals surface area contributed by atoms with Crippen LogP contribution in [-0.2, 0) is 11.2 Å². The van der Waals surface area contributed by atoms with Crippen LogP contribution in [0.5, 0.6) is 5.75 Å². The lowest BCUT2D eigenvalue weighted by Gasteiger charge is -2.23. The molecule has 0 bridgehead atoms. The Kier molecular flexibility index (Phi) is 2.92. The quantitative estimate of drug-likeness (QED) is 0.785. The van der Waals surface area contributed by atoms with Crippen LogP contribution in [-0.4, -0.2) is 18.3 Å². The Morgan fingerprint density at radius 2 is 2.11 bits per heavy atom. The normalized spacial score (nSPS) is 21.9. The highest BCUT2D eigenvalue weighted by Gasteiger charge is 2.36. The van der Waals surface area contributed by atoms with Gasteiger partial charge in [-0.1, -0.05) is 30.3 Å². The highest BCUT2D eigenvalue weighted by molar-refractivity contribution is 6.17. The molecule has 94 valence electrons. The summed E-state index contributed by atoms with van der Waals surface area (Å²) in [5.41, 5.74) is 1.23. The van der Waals surface area contributed by atoms with Gasteiger partial charge in [-0.2, -0.15) is 0 Å². The Balaban J connectivity index is 2.00. The zero-order valence-corrected chi connectivity index (χ0v) is 11.0. The SMILES string of the molecule is CC1(OCCCl)Cc2c(ccc3ccccc23)O1. The molecule has 1 unspecified atom stereocenters. The Labute approximate surface area is 111 Å². The van der Waals surface area contributed by atoms with E-state index >= 15 is 0 Å². The van der Waals surface area contributed by atoms with E-state index in [0.717, 1.165) is 12.2 Å². The fraction of sp³-hybridized carbons (Fsp3) is 0.333. The first kappa shape index (κ1) is 11.8. The Bertz CT molecular complexity index is 582. The molecule has 0 saturated carbocycles. The standard InChI is InChI=1S/C15H15ClO2/c1-15(17-9-8-16)10-13-12-5-3-2-4-11(12)6-7-14(13)18-15/h2-7H,8-10H2,1H3. The number of rotatable bonds is 3. The van der Waals surface area contributed by atoms with Gasteiger partial charge in [0, 0.05) is 24.8 Å². The van der Waals surface area contributed by atoms with Crippen LogP contribution in [0.1, 0.15) is 12.5 Å². The summed E-state index contributed by atoms with van der Waals surface area (Å²) in [6.45, 7) is 2.47. The van der Waals surface area contributed by atoms with Crippen LogP contribution in [0.3, 0.4) is 0 Å². The maximum absolute atomic E-state index is 5.92. The fourth-order valence-electron chi connectivity index (χ4n) is 2.52. The van der Waals surface area contributed by atoms with Crippen molar-refractivity contribution in [2.45, 2.75) is 19.1 Å². The van der Waals surface area contributed by atoms with Crippen LogP contribution in [0.15, 0.2) is 36.4 Å². The van der Waals surface area contributed by atoms with Crippen molar-refractivity contribution in [2.24, 2.45) is 0 Å². The molecule has 0 spiro atoms. The number of alkyl halides is 1. The Hall–Kier alpha value is -1.25. The molecule has 3 rings (SSSR count). The minimum Gasteiger partial charge on any atom is -0.462 e. The van der Waals surface area contributed by atoms with Crippen molar-refractivity contribution in [3.05, 3.63) is 42.0 Å². The Morgan fingerprint density at radius 3 is 2.94 bits per heavy atom. The van der Waals surface area contributed by atoms with E-state index in [1.165, 1.54) is 16.3 Å². The molecule has 3 heteroatoms. The first-order valence-corrected chi connectivity index (χ1v) is 6.65. The topological polar surface area (TPSA) is 18.5 Å². The number of fused-ring (bicyclic) bond motifs is 3. The molecule has 2 aromatic carbocycles. The molecule has 2 nitrogen and oxygen atoms in total. The van der Waals surface area contributed by atoms with Crippen LogP contribution >= 0.6 is 11.6 Å². The van der Waals surface area contributed by atoms with E-state index in [2.05, 4.69) is 24.3 Å². The van der Waals surface area contributed by atoms with E-state index in [4.69, 9.17) is 21.1 Å². The van der Waals surface area contributed by atoms with Crippen molar-refractivity contribution in [3.8, 4) is 5.75 Å². The number of hydrogen-bond donors (Lipinski definition) is 0. The van der Waals surface area contributed by atoms with E-state index < -0.39 is 5.79 Å². The van der Waals surface area contributed by atoms with E-state index in [0.29, 0.717) is 12.5 Å². The number of ether oxygens (including phenoxy) is 2. The monoisotopic (exact) mass is 262 g/mol. The van der Waals surface area contributed by atoms with E-state index in [-0.39, 0.29) is 0 Å². The third-order valence-corrected chi connectivity index (χ3v) is 3.46. The minimum atomic E-state index is -0.582. The summed E-state index contributed by atoms with van der Waals surface area (Å²) in [7, 11) is 0. The van der Waals surface area contributed by atoms with Crippen LogP contribution in [0.25, 0.3) is 10.8 Å². The van der Waals surface area contributed by atoms with Crippen LogP contribution in [0.2, 0.25) is 0 Å². The van der Waals surface area contributed by atoms with Gasteiger partial charge in [-0.3, -0.25) is 0 Å². The summed E-state index contributed by atoms with van der Waals surface area (Å²) >= 11 is 5.67. The lowest BCUT2D eigenvalue weighted by atomic mass is 10.0. The van der Waals surface area contributed by atoms with Crippen LogP contribution < -0.4 is 4.74 Å². The molecular formula is C15H15ClO2. The van der Waals surface area contributed by atoms with Gasteiger partial charge in [-0.15, -0.1) is 11.6 Å². The van der Waals surface area contributed by atoms with Crippen molar-refractivity contribution >= 4 is 22.4 Å². The molecule has 0 aliphatic carbocycles. The lowest BCUT2D eigenvalue weighted by molar-refractivity contribution is -0.151. The number of halogens is 1.